The van der Waals surface area contributed by atoms with Crippen LogP contribution >= 0.6 is 0 Å². The van der Waals surface area contributed by atoms with Crippen molar-refractivity contribution in [1.29, 1.82) is 0 Å². The van der Waals surface area contributed by atoms with Gasteiger partial charge in [-0.3, -0.25) is 4.79 Å². The molecular formula is C12H18O2. The Labute approximate surface area is 85.7 Å². The molecule has 1 aliphatic carbocycles. The van der Waals surface area contributed by atoms with Gasteiger partial charge in [0.1, 0.15) is 0 Å². The topological polar surface area (TPSA) is 37.3 Å². The fraction of sp³-hybridized carbons (Fsp3) is 0.750. The van der Waals surface area contributed by atoms with Crippen LogP contribution in [0.1, 0.15) is 46.0 Å². The maximum Gasteiger partial charge on any atom is 0.311 e. The average molecular weight is 194 g/mol. The summed E-state index contributed by atoms with van der Waals surface area (Å²) in [5.41, 5.74) is -1.24. The van der Waals surface area contributed by atoms with Crippen molar-refractivity contribution in [2.75, 3.05) is 0 Å². The van der Waals surface area contributed by atoms with E-state index in [0.29, 0.717) is 0 Å². The van der Waals surface area contributed by atoms with Crippen molar-refractivity contribution >= 4 is 5.97 Å². The predicted octanol–water partition coefficient (Wildman–Crippen LogP) is 2.68. The first-order valence-electron chi connectivity index (χ1n) is 5.17. The number of hydrogen-bond donors (Lipinski definition) is 1. The summed E-state index contributed by atoms with van der Waals surface area (Å²) >= 11 is 0. The van der Waals surface area contributed by atoms with Crippen molar-refractivity contribution in [2.45, 2.75) is 46.0 Å². The Kier molecular flexibility index (Phi) is 2.89. The van der Waals surface area contributed by atoms with Gasteiger partial charge in [-0.05, 0) is 26.7 Å². The Morgan fingerprint density at radius 3 is 2.21 bits per heavy atom. The van der Waals surface area contributed by atoms with E-state index >= 15 is 0 Å². The third kappa shape index (κ3) is 1.52. The summed E-state index contributed by atoms with van der Waals surface area (Å²) in [7, 11) is 0. The van der Waals surface area contributed by atoms with E-state index in [1.165, 1.54) is 0 Å². The molecule has 0 aromatic carbocycles. The van der Waals surface area contributed by atoms with E-state index in [1.807, 2.05) is 13.8 Å². The molecule has 0 radical (unpaired) electrons. The summed E-state index contributed by atoms with van der Waals surface area (Å²) in [5, 5.41) is 9.36. The van der Waals surface area contributed by atoms with Crippen LogP contribution in [0.3, 0.4) is 0 Å². The zero-order chi connectivity index (χ0) is 10.8. The molecule has 0 heterocycles. The number of rotatable bonds is 2. The number of carboxylic acid groups (broad SMARTS) is 1. The third-order valence-electron chi connectivity index (χ3n) is 3.67. The second-order valence-electron chi connectivity index (χ2n) is 4.72. The second kappa shape index (κ2) is 3.65. The van der Waals surface area contributed by atoms with E-state index in [4.69, 9.17) is 6.42 Å². The van der Waals surface area contributed by atoms with Crippen LogP contribution in [0.5, 0.6) is 0 Å². The van der Waals surface area contributed by atoms with Crippen LogP contribution < -0.4 is 0 Å². The number of terminal acetylenes is 1. The van der Waals surface area contributed by atoms with Crippen LogP contribution in [0, 0.1) is 23.2 Å². The molecule has 0 bridgehead atoms. The molecule has 1 N–H and O–H groups in total. The van der Waals surface area contributed by atoms with Crippen molar-refractivity contribution in [1.82, 2.24) is 0 Å². The molecule has 2 heteroatoms. The minimum absolute atomic E-state index is 0.542. The average Bonchev–Trinajstić information content (AvgIpc) is 2.18. The van der Waals surface area contributed by atoms with E-state index in [0.717, 1.165) is 32.1 Å². The zero-order valence-electron chi connectivity index (χ0n) is 8.97. The summed E-state index contributed by atoms with van der Waals surface area (Å²) < 4.78 is 0. The lowest BCUT2D eigenvalue weighted by Gasteiger charge is -2.42. The largest absolute Gasteiger partial charge is 0.481 e. The van der Waals surface area contributed by atoms with Gasteiger partial charge in [-0.1, -0.05) is 25.2 Å². The van der Waals surface area contributed by atoms with Crippen molar-refractivity contribution in [2.24, 2.45) is 10.8 Å². The van der Waals surface area contributed by atoms with Crippen LogP contribution in [0.15, 0.2) is 0 Å². The molecule has 1 fully saturated rings. The Morgan fingerprint density at radius 1 is 1.36 bits per heavy atom. The number of hydrogen-bond acceptors (Lipinski definition) is 1. The molecule has 78 valence electrons. The molecule has 0 aliphatic heterocycles. The molecule has 1 rings (SSSR count). The van der Waals surface area contributed by atoms with E-state index in [-0.39, 0.29) is 0 Å². The number of aliphatic carboxylic acids is 1. The normalized spacial score (nSPS) is 21.2. The molecule has 2 nitrogen and oxygen atoms in total. The molecule has 1 aliphatic rings. The minimum Gasteiger partial charge on any atom is -0.481 e. The summed E-state index contributed by atoms with van der Waals surface area (Å²) in [6, 6.07) is 0. The highest BCUT2D eigenvalue weighted by Gasteiger charge is 2.50. The van der Waals surface area contributed by atoms with Gasteiger partial charge >= 0.3 is 5.97 Å². The summed E-state index contributed by atoms with van der Waals surface area (Å²) in [6.07, 6.45) is 9.99. The van der Waals surface area contributed by atoms with E-state index in [2.05, 4.69) is 5.92 Å². The number of carbonyl (C=O) groups is 1. The minimum atomic E-state index is -0.722. The van der Waals surface area contributed by atoms with Gasteiger partial charge in [0.2, 0.25) is 0 Å². The maximum absolute atomic E-state index is 11.4. The first kappa shape index (κ1) is 11.1. The molecule has 14 heavy (non-hydrogen) atoms. The molecule has 0 amide bonds. The van der Waals surface area contributed by atoms with E-state index < -0.39 is 16.8 Å². The lowest BCUT2D eigenvalue weighted by molar-refractivity contribution is -0.157. The standard InChI is InChI=1S/C12H18O2/c1-4-11(2,3)12(10(13)14)8-6-5-7-9-12/h1H,5-9H2,2-3H3,(H,13,14). The highest BCUT2D eigenvalue weighted by atomic mass is 16.4. The van der Waals surface area contributed by atoms with Crippen molar-refractivity contribution in [3.8, 4) is 12.3 Å². The van der Waals surface area contributed by atoms with Gasteiger partial charge in [-0.15, -0.1) is 6.42 Å². The van der Waals surface area contributed by atoms with Gasteiger partial charge in [0.25, 0.3) is 0 Å². The smallest absolute Gasteiger partial charge is 0.311 e. The summed E-state index contributed by atoms with van der Waals surface area (Å²) in [4.78, 5) is 11.4. The molecule has 0 atom stereocenters. The van der Waals surface area contributed by atoms with Crippen LogP contribution in [0.25, 0.3) is 0 Å². The Bertz CT molecular complexity index is 265. The van der Waals surface area contributed by atoms with Gasteiger partial charge in [-0.25, -0.2) is 0 Å². The summed E-state index contributed by atoms with van der Waals surface area (Å²) in [5.74, 6) is 1.93. The molecular weight excluding hydrogens is 176 g/mol. The molecule has 0 aromatic heterocycles. The van der Waals surface area contributed by atoms with Gasteiger partial charge in [0, 0.05) is 5.41 Å². The maximum atomic E-state index is 11.4. The predicted molar refractivity (Wildman–Crippen MR) is 55.8 cm³/mol. The lowest BCUT2D eigenvalue weighted by atomic mass is 9.59. The monoisotopic (exact) mass is 194 g/mol. The van der Waals surface area contributed by atoms with Crippen LogP contribution in [0.2, 0.25) is 0 Å². The van der Waals surface area contributed by atoms with Crippen molar-refractivity contribution < 1.29 is 9.90 Å². The van der Waals surface area contributed by atoms with Crippen molar-refractivity contribution in [3.63, 3.8) is 0 Å². The second-order valence-corrected chi connectivity index (χ2v) is 4.72. The molecule has 0 unspecified atom stereocenters. The molecule has 0 saturated heterocycles. The highest BCUT2D eigenvalue weighted by Crippen LogP contribution is 2.49. The highest BCUT2D eigenvalue weighted by molar-refractivity contribution is 5.76. The van der Waals surface area contributed by atoms with Gasteiger partial charge < -0.3 is 5.11 Å². The third-order valence-corrected chi connectivity index (χ3v) is 3.67. The van der Waals surface area contributed by atoms with Gasteiger partial charge in [0.05, 0.1) is 5.41 Å². The van der Waals surface area contributed by atoms with Crippen LogP contribution in [-0.2, 0) is 4.79 Å². The first-order valence-corrected chi connectivity index (χ1v) is 5.17. The Morgan fingerprint density at radius 2 is 1.86 bits per heavy atom. The van der Waals surface area contributed by atoms with E-state index in [1.54, 1.807) is 0 Å². The zero-order valence-corrected chi connectivity index (χ0v) is 8.97. The summed E-state index contributed by atoms with van der Waals surface area (Å²) in [6.45, 7) is 3.74. The quantitative estimate of drug-likeness (QED) is 0.686. The molecule has 1 saturated carbocycles. The fourth-order valence-electron chi connectivity index (χ4n) is 2.40. The lowest BCUT2D eigenvalue weighted by Crippen LogP contribution is -2.45. The van der Waals surface area contributed by atoms with Crippen LogP contribution in [-0.4, -0.2) is 11.1 Å². The Hall–Kier alpha value is -0.970. The molecule has 0 spiro atoms. The Balaban J connectivity index is 3.04. The number of carboxylic acids is 1. The van der Waals surface area contributed by atoms with Crippen LogP contribution in [0.4, 0.5) is 0 Å². The van der Waals surface area contributed by atoms with Crippen molar-refractivity contribution in [3.05, 3.63) is 0 Å². The fourth-order valence-corrected chi connectivity index (χ4v) is 2.40. The first-order chi connectivity index (χ1) is 6.46. The van der Waals surface area contributed by atoms with Gasteiger partial charge in [0.15, 0.2) is 0 Å². The molecule has 0 aromatic rings. The van der Waals surface area contributed by atoms with E-state index in [9.17, 15) is 9.90 Å². The SMILES string of the molecule is C#CC(C)(C)C1(C(=O)O)CCCCC1. The van der Waals surface area contributed by atoms with Gasteiger partial charge in [-0.2, -0.15) is 0 Å².